The van der Waals surface area contributed by atoms with Gasteiger partial charge in [0.25, 0.3) is 5.91 Å². The molecule has 0 aromatic heterocycles. The number of rotatable bonds is 7. The van der Waals surface area contributed by atoms with Gasteiger partial charge in [-0.3, -0.25) is 19.6 Å². The van der Waals surface area contributed by atoms with Gasteiger partial charge in [0.05, 0.1) is 12.1 Å². The summed E-state index contributed by atoms with van der Waals surface area (Å²) in [5.41, 5.74) is 0.479. The second-order valence-electron chi connectivity index (χ2n) is 4.79. The second kappa shape index (κ2) is 8.87. The van der Waals surface area contributed by atoms with Gasteiger partial charge in [-0.25, -0.2) is 5.48 Å². The van der Waals surface area contributed by atoms with Crippen LogP contribution in [-0.2, 0) is 20.6 Å². The highest BCUT2D eigenvalue weighted by Crippen LogP contribution is 2.30. The predicted molar refractivity (Wildman–Crippen MR) is 76.9 cm³/mol. The number of benzene rings is 1. The van der Waals surface area contributed by atoms with Crippen molar-refractivity contribution in [1.29, 1.82) is 0 Å². The maximum atomic E-state index is 12.6. The van der Waals surface area contributed by atoms with E-state index in [1.807, 2.05) is 0 Å². The van der Waals surface area contributed by atoms with Crippen molar-refractivity contribution in [2.24, 2.45) is 0 Å². The molecule has 24 heavy (non-hydrogen) atoms. The Hall–Kier alpha value is -2.62. The molecule has 1 rings (SSSR count). The highest BCUT2D eigenvalue weighted by atomic mass is 19.4. The van der Waals surface area contributed by atoms with E-state index in [1.165, 1.54) is 17.6 Å². The lowest BCUT2D eigenvalue weighted by molar-refractivity contribution is -0.137. The van der Waals surface area contributed by atoms with Crippen molar-refractivity contribution in [3.8, 4) is 0 Å². The largest absolute Gasteiger partial charge is 0.416 e. The van der Waals surface area contributed by atoms with Crippen molar-refractivity contribution < 1.29 is 32.8 Å². The van der Waals surface area contributed by atoms with Crippen LogP contribution in [0.3, 0.4) is 0 Å². The highest BCUT2D eigenvalue weighted by molar-refractivity contribution is 5.91. The average Bonchev–Trinajstić information content (AvgIpc) is 2.52. The lowest BCUT2D eigenvalue weighted by atomic mass is 10.2. The van der Waals surface area contributed by atoms with Crippen LogP contribution in [0.15, 0.2) is 24.3 Å². The first kappa shape index (κ1) is 19.4. The number of hydroxylamine groups is 1. The number of hydrogen-bond acceptors (Lipinski definition) is 4. The molecule has 0 radical (unpaired) electrons. The van der Waals surface area contributed by atoms with Crippen LogP contribution in [0.25, 0.3) is 0 Å². The lowest BCUT2D eigenvalue weighted by Gasteiger charge is -2.10. The molecule has 0 saturated heterocycles. The third kappa shape index (κ3) is 7.09. The van der Waals surface area contributed by atoms with E-state index in [-0.39, 0.29) is 24.9 Å². The monoisotopic (exact) mass is 347 g/mol. The number of halogens is 3. The first-order valence-corrected chi connectivity index (χ1v) is 6.89. The Morgan fingerprint density at radius 1 is 1.04 bits per heavy atom. The van der Waals surface area contributed by atoms with Gasteiger partial charge in [0.2, 0.25) is 11.8 Å². The van der Waals surface area contributed by atoms with E-state index in [4.69, 9.17) is 5.21 Å². The molecule has 0 unspecified atom stereocenters. The van der Waals surface area contributed by atoms with Crippen LogP contribution >= 0.6 is 0 Å². The van der Waals surface area contributed by atoms with Crippen molar-refractivity contribution in [1.82, 2.24) is 10.8 Å². The summed E-state index contributed by atoms with van der Waals surface area (Å²) in [7, 11) is 0. The molecule has 0 aliphatic rings. The zero-order valence-corrected chi connectivity index (χ0v) is 12.4. The minimum Gasteiger partial charge on any atom is -0.347 e. The van der Waals surface area contributed by atoms with Crippen molar-refractivity contribution in [2.45, 2.75) is 25.4 Å². The summed E-state index contributed by atoms with van der Waals surface area (Å²) in [6, 6.07) is 4.21. The van der Waals surface area contributed by atoms with Crippen molar-refractivity contribution in [2.75, 3.05) is 11.9 Å². The number of nitrogens with one attached hydrogen (secondary N) is 3. The molecule has 0 spiro atoms. The van der Waals surface area contributed by atoms with E-state index in [0.29, 0.717) is 0 Å². The van der Waals surface area contributed by atoms with E-state index in [9.17, 15) is 27.6 Å². The molecule has 0 heterocycles. The highest BCUT2D eigenvalue weighted by Gasteiger charge is 2.30. The maximum absolute atomic E-state index is 12.6. The smallest absolute Gasteiger partial charge is 0.347 e. The first-order valence-electron chi connectivity index (χ1n) is 6.89. The minimum absolute atomic E-state index is 0.0129. The SMILES string of the molecule is O=C(CNC(=O)CCCC(=O)Nc1cccc(C(F)(F)F)c1)NO. The molecule has 10 heteroatoms. The fraction of sp³-hybridized carbons (Fsp3) is 0.357. The van der Waals surface area contributed by atoms with Gasteiger partial charge in [0, 0.05) is 18.5 Å². The van der Waals surface area contributed by atoms with E-state index in [0.717, 1.165) is 12.1 Å². The quantitative estimate of drug-likeness (QED) is 0.442. The number of alkyl halides is 3. The van der Waals surface area contributed by atoms with Crippen LogP contribution in [0.5, 0.6) is 0 Å². The van der Waals surface area contributed by atoms with Gasteiger partial charge in [0.1, 0.15) is 0 Å². The van der Waals surface area contributed by atoms with Gasteiger partial charge in [0.15, 0.2) is 0 Å². The summed E-state index contributed by atoms with van der Waals surface area (Å²) >= 11 is 0. The topological polar surface area (TPSA) is 108 Å². The molecule has 0 saturated carbocycles. The molecule has 1 aromatic carbocycles. The molecule has 1 aromatic rings. The van der Waals surface area contributed by atoms with E-state index >= 15 is 0 Å². The summed E-state index contributed by atoms with van der Waals surface area (Å²) in [6.07, 6.45) is -4.47. The van der Waals surface area contributed by atoms with E-state index in [2.05, 4.69) is 10.6 Å². The number of hydrogen-bond donors (Lipinski definition) is 4. The van der Waals surface area contributed by atoms with Crippen LogP contribution in [0.1, 0.15) is 24.8 Å². The van der Waals surface area contributed by atoms with Crippen LogP contribution in [0.4, 0.5) is 18.9 Å². The third-order valence-corrected chi connectivity index (χ3v) is 2.85. The lowest BCUT2D eigenvalue weighted by Crippen LogP contribution is -2.35. The first-order chi connectivity index (χ1) is 11.2. The summed E-state index contributed by atoms with van der Waals surface area (Å²) < 4.78 is 37.7. The number of carbonyl (C=O) groups excluding carboxylic acids is 3. The Bertz CT molecular complexity index is 605. The fourth-order valence-corrected chi connectivity index (χ4v) is 1.71. The van der Waals surface area contributed by atoms with Crippen molar-refractivity contribution in [3.63, 3.8) is 0 Å². The van der Waals surface area contributed by atoms with Gasteiger partial charge in [-0.1, -0.05) is 6.07 Å². The predicted octanol–water partition coefficient (Wildman–Crippen LogP) is 1.44. The zero-order valence-electron chi connectivity index (χ0n) is 12.4. The Kier molecular flexibility index (Phi) is 7.18. The van der Waals surface area contributed by atoms with Gasteiger partial charge in [-0.15, -0.1) is 0 Å². The number of carbonyl (C=O) groups is 3. The normalized spacial score (nSPS) is 10.8. The summed E-state index contributed by atoms with van der Waals surface area (Å²) in [4.78, 5) is 33.7. The maximum Gasteiger partial charge on any atom is 0.416 e. The molecule has 7 nitrogen and oxygen atoms in total. The van der Waals surface area contributed by atoms with Crippen molar-refractivity contribution >= 4 is 23.4 Å². The van der Waals surface area contributed by atoms with Gasteiger partial charge >= 0.3 is 6.18 Å². The fourth-order valence-electron chi connectivity index (χ4n) is 1.71. The summed E-state index contributed by atoms with van der Waals surface area (Å²) in [5.74, 6) is -1.81. The van der Waals surface area contributed by atoms with Gasteiger partial charge < -0.3 is 10.6 Å². The summed E-state index contributed by atoms with van der Waals surface area (Å²) in [6.45, 7) is -0.397. The molecule has 3 amide bonds. The molecular formula is C14H16F3N3O4. The third-order valence-electron chi connectivity index (χ3n) is 2.85. The molecule has 4 N–H and O–H groups in total. The van der Waals surface area contributed by atoms with E-state index < -0.39 is 36.0 Å². The molecular weight excluding hydrogens is 331 g/mol. The Morgan fingerprint density at radius 2 is 1.71 bits per heavy atom. The number of anilines is 1. The summed E-state index contributed by atoms with van der Waals surface area (Å²) in [5, 5.41) is 12.8. The van der Waals surface area contributed by atoms with Crippen LogP contribution in [-0.4, -0.2) is 29.5 Å². The van der Waals surface area contributed by atoms with Crippen LogP contribution < -0.4 is 16.1 Å². The Morgan fingerprint density at radius 3 is 2.33 bits per heavy atom. The van der Waals surface area contributed by atoms with Crippen molar-refractivity contribution in [3.05, 3.63) is 29.8 Å². The molecule has 0 aliphatic heterocycles. The molecule has 0 atom stereocenters. The Balaban J connectivity index is 2.37. The zero-order chi connectivity index (χ0) is 18.2. The average molecular weight is 347 g/mol. The van der Waals surface area contributed by atoms with E-state index in [1.54, 1.807) is 0 Å². The number of amides is 3. The van der Waals surface area contributed by atoms with Crippen LogP contribution in [0, 0.1) is 0 Å². The second-order valence-corrected chi connectivity index (χ2v) is 4.79. The molecule has 132 valence electrons. The minimum atomic E-state index is -4.50. The standard InChI is InChI=1S/C14H16F3N3O4/c15-14(16,17)9-3-1-4-10(7-9)19-12(22)6-2-5-11(21)18-8-13(23)20-24/h1,3-4,7,24H,2,5-6,8H2,(H,18,21)(H,19,22)(H,20,23). The molecule has 0 fully saturated rings. The van der Waals surface area contributed by atoms with Gasteiger partial charge in [-0.05, 0) is 24.6 Å². The van der Waals surface area contributed by atoms with Crippen LogP contribution in [0.2, 0.25) is 0 Å². The van der Waals surface area contributed by atoms with Gasteiger partial charge in [-0.2, -0.15) is 13.2 Å². The molecule has 0 bridgehead atoms. The molecule has 0 aliphatic carbocycles. The Labute approximate surface area is 135 Å².